The molecule has 0 bridgehead atoms. The normalized spacial score (nSPS) is 5.22. The topological polar surface area (TPSA) is 0 Å². The Balaban J connectivity index is -0.0000000646. The Kier molecular flexibility index (Phi) is 89.6. The van der Waals surface area contributed by atoms with Crippen molar-refractivity contribution in [1.29, 1.82) is 0 Å². The summed E-state index contributed by atoms with van der Waals surface area (Å²) in [6, 6.07) is 0. The van der Waals surface area contributed by atoms with Crippen LogP contribution < -0.4 is 0 Å². The van der Waals surface area contributed by atoms with Gasteiger partial charge in [-0.2, -0.15) is 0 Å². The van der Waals surface area contributed by atoms with E-state index >= 15 is 0 Å². The molecular weight excluding hydrogens is 108 g/mol. The lowest BCUT2D eigenvalue weighted by molar-refractivity contribution is 1.05. The van der Waals surface area contributed by atoms with Gasteiger partial charge in [0.2, 0.25) is 0 Å². The summed E-state index contributed by atoms with van der Waals surface area (Å²) in [6.07, 6.45) is 3.67. The molecule has 0 aromatic heterocycles. The molecule has 0 atom stereocenters. The van der Waals surface area contributed by atoms with E-state index in [1.165, 1.54) is 0 Å². The number of allylic oxidation sites excluding steroid dienone is 1. The van der Waals surface area contributed by atoms with Gasteiger partial charge in [-0.15, -0.1) is 19.7 Å². The molecule has 0 aliphatic heterocycles. The van der Waals surface area contributed by atoms with Crippen molar-refractivity contribution in [2.24, 2.45) is 0 Å². The zero-order valence-corrected chi connectivity index (χ0v) is 6.53. The number of unbranched alkanes of at least 4 members (excludes halogenated alkanes) is 1. The van der Waals surface area contributed by atoms with Gasteiger partial charge in [-0.05, 0) is 6.92 Å². The Hall–Kier alpha value is -0.520. The summed E-state index contributed by atoms with van der Waals surface area (Å²) >= 11 is 0. The number of hydrogen-bond donors (Lipinski definition) is 0. The van der Waals surface area contributed by atoms with Crippen molar-refractivity contribution < 1.29 is 0 Å². The minimum atomic E-state index is 0.958. The van der Waals surface area contributed by atoms with E-state index in [0.717, 1.165) is 12.8 Å². The third kappa shape index (κ3) is 975. The van der Waals surface area contributed by atoms with E-state index in [2.05, 4.69) is 33.6 Å². The van der Waals surface area contributed by atoms with E-state index < -0.39 is 0 Å². The third-order valence-electron chi connectivity index (χ3n) is 0.250. The first-order valence-electron chi connectivity index (χ1n) is 2.99. The molecule has 0 nitrogen and oxygen atoms in total. The van der Waals surface area contributed by atoms with Crippen LogP contribution in [0.4, 0.5) is 0 Å². The monoisotopic (exact) mass is 126 g/mol. The van der Waals surface area contributed by atoms with Gasteiger partial charge in [0.25, 0.3) is 0 Å². The van der Waals surface area contributed by atoms with E-state index in [0.29, 0.717) is 0 Å². The number of hydrogen-bond acceptors (Lipinski definition) is 0. The van der Waals surface area contributed by atoms with Crippen LogP contribution in [0.15, 0.2) is 25.8 Å². The van der Waals surface area contributed by atoms with Crippen molar-refractivity contribution >= 4 is 0 Å². The van der Waals surface area contributed by atoms with Crippen molar-refractivity contribution in [2.45, 2.75) is 19.8 Å². The largest absolute Gasteiger partial charge is 0.106 e. The predicted octanol–water partition coefficient (Wildman–Crippen LogP) is 3.43. The van der Waals surface area contributed by atoms with Crippen LogP contribution in [0.1, 0.15) is 19.8 Å². The smallest absolute Gasteiger partial charge is 0.0473 e. The third-order valence-corrected chi connectivity index (χ3v) is 0.250. The lowest BCUT2D eigenvalue weighted by Crippen LogP contribution is -1.49. The Morgan fingerprint density at radius 3 is 1.22 bits per heavy atom. The van der Waals surface area contributed by atoms with Crippen LogP contribution in [0, 0.1) is 13.8 Å². The van der Waals surface area contributed by atoms with Crippen LogP contribution in [0.5, 0.6) is 0 Å². The van der Waals surface area contributed by atoms with Gasteiger partial charge < -0.3 is 0 Å². The van der Waals surface area contributed by atoms with Gasteiger partial charge in [0.1, 0.15) is 0 Å². The van der Waals surface area contributed by atoms with E-state index in [1.807, 2.05) is 6.92 Å². The lowest BCUT2D eigenvalue weighted by atomic mass is 10.4. The van der Waals surface area contributed by atoms with Gasteiger partial charge in [-0.1, -0.05) is 32.8 Å². The summed E-state index contributed by atoms with van der Waals surface area (Å²) in [4.78, 5) is 0. The van der Waals surface area contributed by atoms with Crippen molar-refractivity contribution in [3.8, 4) is 0 Å². The van der Waals surface area contributed by atoms with Gasteiger partial charge in [-0.3, -0.25) is 0 Å². The fourth-order valence-electron chi connectivity index (χ4n) is 0. The highest BCUT2D eigenvalue weighted by Crippen LogP contribution is 1.75. The lowest BCUT2D eigenvalue weighted by Gasteiger charge is -1.67. The van der Waals surface area contributed by atoms with Crippen LogP contribution in [0.3, 0.4) is 0 Å². The molecule has 9 heavy (non-hydrogen) atoms. The van der Waals surface area contributed by atoms with Crippen LogP contribution in [-0.4, -0.2) is 0 Å². The van der Waals surface area contributed by atoms with Crippen LogP contribution in [0.25, 0.3) is 0 Å². The maximum absolute atomic E-state index is 3.54. The first-order valence-corrected chi connectivity index (χ1v) is 2.99. The molecule has 0 N–H and O–H groups in total. The highest BCUT2D eigenvalue weighted by atomic mass is 13.6. The minimum Gasteiger partial charge on any atom is -0.106 e. The van der Waals surface area contributed by atoms with Crippen molar-refractivity contribution in [3.05, 3.63) is 39.7 Å². The van der Waals surface area contributed by atoms with Crippen LogP contribution in [0.2, 0.25) is 0 Å². The van der Waals surface area contributed by atoms with Gasteiger partial charge in [0, 0.05) is 0 Å². The second-order valence-corrected chi connectivity index (χ2v) is 1.12. The fourth-order valence-corrected chi connectivity index (χ4v) is 0. The van der Waals surface area contributed by atoms with Crippen molar-refractivity contribution in [3.63, 3.8) is 0 Å². The summed E-state index contributed by atoms with van der Waals surface area (Å²) in [5.41, 5.74) is 0. The average Bonchev–Trinajstić information content (AvgIpc) is 1.94. The SMILES string of the molecule is C=C.C=CC.[CH2]CC[CH2]. The molecule has 0 aliphatic carbocycles. The Morgan fingerprint density at radius 2 is 1.22 bits per heavy atom. The Bertz CT molecular complexity index is 27.0. The molecule has 2 radical (unpaired) electrons. The number of rotatable bonds is 1. The Morgan fingerprint density at radius 1 is 1.11 bits per heavy atom. The molecule has 0 aromatic carbocycles. The van der Waals surface area contributed by atoms with Gasteiger partial charge in [-0.25, -0.2) is 0 Å². The van der Waals surface area contributed by atoms with Gasteiger partial charge >= 0.3 is 0 Å². The van der Waals surface area contributed by atoms with E-state index in [9.17, 15) is 0 Å². The van der Waals surface area contributed by atoms with Gasteiger partial charge in [0.05, 0.1) is 0 Å². The molecule has 0 unspecified atom stereocenters. The zero-order valence-electron chi connectivity index (χ0n) is 6.53. The first kappa shape index (κ1) is 15.8. The summed E-state index contributed by atoms with van der Waals surface area (Å²) in [5, 5.41) is 0. The summed E-state index contributed by atoms with van der Waals surface area (Å²) in [7, 11) is 0. The predicted molar refractivity (Wildman–Crippen MR) is 47.1 cm³/mol. The molecule has 0 saturated carbocycles. The maximum Gasteiger partial charge on any atom is -0.0473 e. The highest BCUT2D eigenvalue weighted by Gasteiger charge is 1.57. The van der Waals surface area contributed by atoms with Crippen molar-refractivity contribution in [2.75, 3.05) is 0 Å². The van der Waals surface area contributed by atoms with Gasteiger partial charge in [0.15, 0.2) is 0 Å². The molecule has 0 amide bonds. The molecule has 0 spiro atoms. The first-order chi connectivity index (χ1) is 4.33. The Labute approximate surface area is 60.3 Å². The highest BCUT2D eigenvalue weighted by molar-refractivity contribution is 4.51. The molecule has 54 valence electrons. The van der Waals surface area contributed by atoms with E-state index in [4.69, 9.17) is 0 Å². The summed E-state index contributed by atoms with van der Waals surface area (Å²) in [5.74, 6) is 0. The molecule has 0 aliphatic rings. The van der Waals surface area contributed by atoms with E-state index in [-0.39, 0.29) is 0 Å². The zero-order chi connectivity index (χ0) is 8.12. The quantitative estimate of drug-likeness (QED) is 0.472. The second-order valence-electron chi connectivity index (χ2n) is 1.12. The molecule has 0 rings (SSSR count). The fraction of sp³-hybridized carbons (Fsp3) is 0.333. The maximum atomic E-state index is 3.54. The average molecular weight is 126 g/mol. The standard InChI is InChI=1S/C4H8.C3H6.C2H4/c1-3-4-2;1-3-2;1-2/h1-4H2;3H,1H2,2H3;1-2H2. The molecular formula is C9H18. The summed E-state index contributed by atoms with van der Waals surface area (Å²) in [6.45, 7) is 18.3. The van der Waals surface area contributed by atoms with Crippen LogP contribution in [-0.2, 0) is 0 Å². The molecule has 0 heteroatoms. The molecule has 0 fully saturated rings. The molecule has 0 heterocycles. The minimum absolute atomic E-state index is 0.958. The van der Waals surface area contributed by atoms with Crippen molar-refractivity contribution in [1.82, 2.24) is 0 Å². The molecule has 0 saturated heterocycles. The second kappa shape index (κ2) is 51.1. The van der Waals surface area contributed by atoms with Crippen LogP contribution >= 0.6 is 0 Å². The molecule has 0 aromatic rings. The summed E-state index contributed by atoms with van der Waals surface area (Å²) < 4.78 is 0. The van der Waals surface area contributed by atoms with E-state index in [1.54, 1.807) is 6.08 Å².